The number of carbonyl (C=O) groups is 1. The van der Waals surface area contributed by atoms with Gasteiger partial charge >= 0.3 is 51.4 Å². The van der Waals surface area contributed by atoms with E-state index < -0.39 is 12.1 Å². The van der Waals surface area contributed by atoms with E-state index in [2.05, 4.69) is 0 Å². The van der Waals surface area contributed by atoms with Crippen molar-refractivity contribution in [2.45, 2.75) is 12.2 Å². The molecule has 0 N–H and O–H groups in total. The van der Waals surface area contributed by atoms with Gasteiger partial charge in [-0.1, -0.05) is 23.7 Å². The van der Waals surface area contributed by atoms with Crippen molar-refractivity contribution in [1.29, 1.82) is 0 Å². The van der Waals surface area contributed by atoms with Gasteiger partial charge in [0.2, 0.25) is 0 Å². The third kappa shape index (κ3) is 2.79. The van der Waals surface area contributed by atoms with E-state index >= 15 is 0 Å². The Morgan fingerprint density at radius 1 is 1.36 bits per heavy atom. The molecule has 1 aliphatic rings. The van der Waals surface area contributed by atoms with Gasteiger partial charge in [-0.3, -0.25) is 0 Å². The molecule has 1 aromatic rings. The average Bonchev–Trinajstić information content (AvgIpc) is 2.85. The van der Waals surface area contributed by atoms with E-state index in [9.17, 15) is 9.90 Å². The Morgan fingerprint density at radius 2 is 1.93 bits per heavy atom. The Bertz CT molecular complexity index is 338. The minimum Gasteiger partial charge on any atom is -0.547 e. The fraction of sp³-hybridized carbons (Fsp3) is 0.222. The zero-order valence-electron chi connectivity index (χ0n) is 7.57. The number of benzene rings is 1. The third-order valence-corrected chi connectivity index (χ3v) is 2.17. The predicted octanol–water partition coefficient (Wildman–Crippen LogP) is -2.47. The number of rotatable bonds is 2. The van der Waals surface area contributed by atoms with Gasteiger partial charge in [0.15, 0.2) is 0 Å². The van der Waals surface area contributed by atoms with E-state index in [1.54, 1.807) is 24.3 Å². The summed E-state index contributed by atoms with van der Waals surface area (Å²) in [4.78, 5) is 10.4. The van der Waals surface area contributed by atoms with Crippen LogP contribution in [-0.2, 0) is 9.53 Å². The first-order chi connectivity index (χ1) is 6.18. The molecule has 1 fully saturated rings. The monoisotopic (exact) mass is 236 g/mol. The smallest absolute Gasteiger partial charge is 0.547 e. The first-order valence-corrected chi connectivity index (χ1v) is 4.18. The standard InChI is InChI=1S/C9H7ClO3.K/c10-6-3-1-5(2-4-6)7-8(13-7)9(11)12;/h1-4,7-8H,(H,11,12);/q;+1/p-1/t7-,8+;/m0./s1. The van der Waals surface area contributed by atoms with Crippen LogP contribution < -0.4 is 56.5 Å². The van der Waals surface area contributed by atoms with Crippen molar-refractivity contribution < 1.29 is 66.0 Å². The molecule has 2 rings (SSSR count). The number of hydrogen-bond acceptors (Lipinski definition) is 3. The van der Waals surface area contributed by atoms with Crippen LogP contribution in [0.1, 0.15) is 11.7 Å². The minimum atomic E-state index is -1.17. The zero-order valence-corrected chi connectivity index (χ0v) is 11.4. The summed E-state index contributed by atoms with van der Waals surface area (Å²) in [5, 5.41) is 11.0. The molecule has 0 bridgehead atoms. The molecule has 0 radical (unpaired) electrons. The number of carbonyl (C=O) groups excluding carboxylic acids is 1. The summed E-state index contributed by atoms with van der Waals surface area (Å²) in [5.74, 6) is -1.17. The van der Waals surface area contributed by atoms with Gasteiger partial charge in [-0.15, -0.1) is 0 Å². The van der Waals surface area contributed by atoms with Crippen LogP contribution in [0.4, 0.5) is 0 Å². The Labute approximate surface area is 129 Å². The van der Waals surface area contributed by atoms with E-state index in [0.29, 0.717) is 5.02 Å². The number of ether oxygens (including phenoxy) is 1. The van der Waals surface area contributed by atoms with Crippen LogP contribution in [0.15, 0.2) is 24.3 Å². The second kappa shape index (κ2) is 5.07. The maximum Gasteiger partial charge on any atom is 1.00 e. The van der Waals surface area contributed by atoms with Crippen molar-refractivity contribution in [1.82, 2.24) is 0 Å². The molecule has 0 saturated carbocycles. The fourth-order valence-corrected chi connectivity index (χ4v) is 1.32. The topological polar surface area (TPSA) is 52.7 Å². The van der Waals surface area contributed by atoms with Crippen LogP contribution in [0.2, 0.25) is 5.02 Å². The Kier molecular flexibility index (Phi) is 4.58. The summed E-state index contributed by atoms with van der Waals surface area (Å²) in [5.41, 5.74) is 0.818. The Hall–Kier alpha value is 0.576. The number of hydrogen-bond donors (Lipinski definition) is 0. The molecule has 14 heavy (non-hydrogen) atoms. The second-order valence-corrected chi connectivity index (χ2v) is 3.28. The normalized spacial score (nSPS) is 23.8. The number of aliphatic carboxylic acids is 1. The SMILES string of the molecule is O=C([O-])[C@@H]1O[C@H]1c1ccc(Cl)cc1.[K+]. The maximum absolute atomic E-state index is 10.4. The van der Waals surface area contributed by atoms with Crippen LogP contribution in [0.5, 0.6) is 0 Å². The van der Waals surface area contributed by atoms with Gasteiger partial charge in [0, 0.05) is 5.02 Å². The fourth-order valence-electron chi connectivity index (χ4n) is 1.20. The van der Waals surface area contributed by atoms with Crippen LogP contribution in [-0.4, -0.2) is 12.1 Å². The number of halogens is 1. The summed E-state index contributed by atoms with van der Waals surface area (Å²) in [6, 6.07) is 6.89. The quantitative estimate of drug-likeness (QED) is 0.423. The summed E-state index contributed by atoms with van der Waals surface area (Å²) >= 11 is 5.67. The van der Waals surface area contributed by atoms with Gasteiger partial charge < -0.3 is 14.6 Å². The molecule has 0 aromatic heterocycles. The van der Waals surface area contributed by atoms with E-state index in [-0.39, 0.29) is 57.5 Å². The van der Waals surface area contributed by atoms with Crippen LogP contribution in [0.25, 0.3) is 0 Å². The van der Waals surface area contributed by atoms with Gasteiger partial charge in [-0.25, -0.2) is 0 Å². The van der Waals surface area contributed by atoms with Gasteiger partial charge in [0.1, 0.15) is 12.2 Å². The zero-order chi connectivity index (χ0) is 9.42. The van der Waals surface area contributed by atoms with Crippen LogP contribution in [0.3, 0.4) is 0 Å². The van der Waals surface area contributed by atoms with Crippen molar-refractivity contribution in [3.8, 4) is 0 Å². The van der Waals surface area contributed by atoms with E-state index in [1.807, 2.05) is 0 Å². The van der Waals surface area contributed by atoms with Gasteiger partial charge in [-0.2, -0.15) is 0 Å². The van der Waals surface area contributed by atoms with Crippen LogP contribution in [0, 0.1) is 0 Å². The molecule has 0 unspecified atom stereocenters. The molecular formula is C9H6ClKO3. The number of carboxylic acid groups (broad SMARTS) is 1. The first kappa shape index (κ1) is 12.6. The van der Waals surface area contributed by atoms with Gasteiger partial charge in [0.25, 0.3) is 0 Å². The summed E-state index contributed by atoms with van der Waals surface area (Å²) < 4.78 is 4.90. The molecular weight excluding hydrogens is 231 g/mol. The molecule has 0 aliphatic carbocycles. The largest absolute Gasteiger partial charge is 1.00 e. The third-order valence-electron chi connectivity index (χ3n) is 1.92. The van der Waals surface area contributed by atoms with Crippen LogP contribution >= 0.6 is 11.6 Å². The molecule has 3 nitrogen and oxygen atoms in total. The van der Waals surface area contributed by atoms with Crippen molar-refractivity contribution in [2.75, 3.05) is 0 Å². The van der Waals surface area contributed by atoms with Crippen molar-refractivity contribution >= 4 is 17.6 Å². The van der Waals surface area contributed by atoms with Crippen molar-refractivity contribution in [3.05, 3.63) is 34.9 Å². The summed E-state index contributed by atoms with van der Waals surface area (Å²) in [7, 11) is 0. The second-order valence-electron chi connectivity index (χ2n) is 2.85. The molecule has 0 amide bonds. The molecule has 5 heteroatoms. The summed E-state index contributed by atoms with van der Waals surface area (Å²) in [6.07, 6.45) is -1.15. The molecule has 2 atom stereocenters. The summed E-state index contributed by atoms with van der Waals surface area (Å²) in [6.45, 7) is 0. The maximum atomic E-state index is 10.4. The Balaban J connectivity index is 0.000000980. The number of epoxide rings is 1. The molecule has 0 spiro atoms. The van der Waals surface area contributed by atoms with Crippen molar-refractivity contribution in [3.63, 3.8) is 0 Å². The van der Waals surface area contributed by atoms with Gasteiger partial charge in [0.05, 0.1) is 5.97 Å². The molecule has 1 aromatic carbocycles. The first-order valence-electron chi connectivity index (χ1n) is 3.80. The van der Waals surface area contributed by atoms with Crippen molar-refractivity contribution in [2.24, 2.45) is 0 Å². The van der Waals surface area contributed by atoms with Gasteiger partial charge in [-0.05, 0) is 17.7 Å². The average molecular weight is 237 g/mol. The molecule has 1 aliphatic heterocycles. The Morgan fingerprint density at radius 3 is 2.36 bits per heavy atom. The van der Waals surface area contributed by atoms with E-state index in [4.69, 9.17) is 16.3 Å². The molecule has 68 valence electrons. The van der Waals surface area contributed by atoms with E-state index in [1.165, 1.54) is 0 Å². The van der Waals surface area contributed by atoms with E-state index in [0.717, 1.165) is 5.56 Å². The molecule has 1 saturated heterocycles. The number of carboxylic acids is 1. The minimum absolute atomic E-state index is 0. The molecule has 1 heterocycles. The predicted molar refractivity (Wildman–Crippen MR) is 44.1 cm³/mol.